The zero-order chi connectivity index (χ0) is 26.2. The molecule has 2 aliphatic rings. The number of hydrazone groups is 1. The molecule has 37 heavy (non-hydrogen) atoms. The zero-order valence-corrected chi connectivity index (χ0v) is 21.1. The van der Waals surface area contributed by atoms with E-state index in [1.54, 1.807) is 18.7 Å². The molecule has 2 aromatic carbocycles. The second-order valence-electron chi connectivity index (χ2n) is 10.4. The normalized spacial score (nSPS) is 18.5. The van der Waals surface area contributed by atoms with Crippen molar-refractivity contribution in [2.75, 3.05) is 13.1 Å². The Kier molecular flexibility index (Phi) is 6.55. The fourth-order valence-electron chi connectivity index (χ4n) is 4.92. The highest BCUT2D eigenvalue weighted by Crippen LogP contribution is 2.26. The predicted octanol–water partition coefficient (Wildman–Crippen LogP) is 2.18. The second kappa shape index (κ2) is 9.82. The van der Waals surface area contributed by atoms with Gasteiger partial charge in [0.1, 0.15) is 6.04 Å². The van der Waals surface area contributed by atoms with Gasteiger partial charge in [-0.1, -0.05) is 48.5 Å². The molecule has 3 amide bonds. The van der Waals surface area contributed by atoms with E-state index in [1.165, 1.54) is 5.01 Å². The molecular formula is C28H32N6O3. The molecule has 3 aromatic rings. The summed E-state index contributed by atoms with van der Waals surface area (Å²) in [6, 6.07) is 16.7. The summed E-state index contributed by atoms with van der Waals surface area (Å²) >= 11 is 0. The van der Waals surface area contributed by atoms with Crippen LogP contribution in [0.4, 0.5) is 0 Å². The maximum Gasteiger partial charge on any atom is 0.253 e. The number of H-pyrrole nitrogens is 1. The minimum absolute atomic E-state index is 0.100. The molecule has 2 atom stereocenters. The number of hydrogen-bond donors (Lipinski definition) is 3. The molecule has 3 heterocycles. The number of hydrogen-bond acceptors (Lipinski definition) is 5. The fraction of sp³-hybridized carbons (Fsp3) is 0.357. The van der Waals surface area contributed by atoms with E-state index in [4.69, 9.17) is 5.73 Å². The van der Waals surface area contributed by atoms with Gasteiger partial charge in [0, 0.05) is 43.0 Å². The Balaban J connectivity index is 1.33. The molecule has 0 bridgehead atoms. The fourth-order valence-corrected chi connectivity index (χ4v) is 4.92. The Bertz CT molecular complexity index is 1360. The van der Waals surface area contributed by atoms with Crippen LogP contribution >= 0.6 is 0 Å². The number of nitrogens with one attached hydrogen (secondary N) is 2. The van der Waals surface area contributed by atoms with Gasteiger partial charge in [-0.15, -0.1) is 0 Å². The summed E-state index contributed by atoms with van der Waals surface area (Å²) in [5, 5.41) is 9.95. The first-order valence-corrected chi connectivity index (χ1v) is 12.6. The first-order chi connectivity index (χ1) is 17.7. The lowest BCUT2D eigenvalue weighted by Gasteiger charge is -2.34. The average Bonchev–Trinajstić information content (AvgIpc) is 3.43. The van der Waals surface area contributed by atoms with Crippen LogP contribution in [0, 0.1) is 5.92 Å². The van der Waals surface area contributed by atoms with Gasteiger partial charge in [0.15, 0.2) is 0 Å². The highest BCUT2D eigenvalue weighted by molar-refractivity contribution is 6.09. The average molecular weight is 501 g/mol. The van der Waals surface area contributed by atoms with Crippen LogP contribution in [0.25, 0.3) is 10.9 Å². The molecule has 1 fully saturated rings. The molecule has 0 radical (unpaired) electrons. The van der Waals surface area contributed by atoms with Crippen molar-refractivity contribution in [2.45, 2.75) is 44.8 Å². The third kappa shape index (κ3) is 5.13. The number of rotatable bonds is 7. The van der Waals surface area contributed by atoms with Gasteiger partial charge >= 0.3 is 0 Å². The number of nitrogens with two attached hydrogens (primary N) is 1. The smallest absolute Gasteiger partial charge is 0.253 e. The van der Waals surface area contributed by atoms with Gasteiger partial charge in [-0.3, -0.25) is 14.4 Å². The number of amides is 3. The number of para-hydroxylation sites is 1. The lowest BCUT2D eigenvalue weighted by atomic mass is 9.94. The van der Waals surface area contributed by atoms with E-state index in [0.29, 0.717) is 25.9 Å². The molecule has 192 valence electrons. The summed E-state index contributed by atoms with van der Waals surface area (Å²) in [7, 11) is 0. The summed E-state index contributed by atoms with van der Waals surface area (Å²) in [5.74, 6) is -1.19. The Morgan fingerprint density at radius 3 is 2.65 bits per heavy atom. The van der Waals surface area contributed by atoms with E-state index in [1.807, 2.05) is 60.8 Å². The molecule has 1 saturated heterocycles. The predicted molar refractivity (Wildman–Crippen MR) is 141 cm³/mol. The van der Waals surface area contributed by atoms with E-state index in [9.17, 15) is 14.4 Å². The van der Waals surface area contributed by atoms with E-state index < -0.39 is 23.4 Å². The number of carbonyl (C=O) groups is 3. The van der Waals surface area contributed by atoms with E-state index in [-0.39, 0.29) is 18.4 Å². The highest BCUT2D eigenvalue weighted by Gasteiger charge is 2.42. The van der Waals surface area contributed by atoms with Crippen molar-refractivity contribution < 1.29 is 14.4 Å². The Morgan fingerprint density at radius 2 is 1.89 bits per heavy atom. The third-order valence-corrected chi connectivity index (χ3v) is 7.02. The van der Waals surface area contributed by atoms with Gasteiger partial charge in [-0.05, 0) is 31.0 Å². The molecular weight excluding hydrogens is 468 g/mol. The van der Waals surface area contributed by atoms with Crippen LogP contribution in [0.3, 0.4) is 0 Å². The van der Waals surface area contributed by atoms with Gasteiger partial charge in [-0.2, -0.15) is 5.10 Å². The minimum Gasteiger partial charge on any atom is -0.361 e. The summed E-state index contributed by atoms with van der Waals surface area (Å²) < 4.78 is 0. The van der Waals surface area contributed by atoms with Gasteiger partial charge in [0.05, 0.1) is 23.7 Å². The molecule has 0 aliphatic carbocycles. The van der Waals surface area contributed by atoms with E-state index in [2.05, 4.69) is 15.4 Å². The second-order valence-corrected chi connectivity index (χ2v) is 10.4. The number of likely N-dealkylation sites (tertiary alicyclic amines) is 1. The summed E-state index contributed by atoms with van der Waals surface area (Å²) in [6.07, 6.45) is 2.69. The van der Waals surface area contributed by atoms with Crippen LogP contribution in [0.5, 0.6) is 0 Å². The van der Waals surface area contributed by atoms with Gasteiger partial charge in [-0.25, -0.2) is 5.01 Å². The van der Waals surface area contributed by atoms with Crippen molar-refractivity contribution in [1.29, 1.82) is 0 Å². The largest absolute Gasteiger partial charge is 0.361 e. The standard InChI is InChI=1S/C28H32N6O3/c1-28(2,29)27(37)31-24(14-19-15-30-22-11-7-6-10-20(19)22)26(36)33-13-12-23-21(17-33)25(35)34(32-23)16-18-8-4-3-5-9-18/h3-11,15,21,24,30H,12-14,16-17,29H2,1-2H3,(H,31,37)/t21?,24-/m1/s1. The Hall–Kier alpha value is -3.98. The van der Waals surface area contributed by atoms with E-state index in [0.717, 1.165) is 27.7 Å². The number of aromatic amines is 1. The zero-order valence-electron chi connectivity index (χ0n) is 21.1. The van der Waals surface area contributed by atoms with Gasteiger partial charge in [0.25, 0.3) is 5.91 Å². The molecule has 9 heteroatoms. The number of fused-ring (bicyclic) bond motifs is 2. The van der Waals surface area contributed by atoms with Gasteiger partial charge < -0.3 is 20.9 Å². The SMILES string of the molecule is CC(C)(N)C(=O)N[C@H](Cc1c[nH]c2ccccc12)C(=O)N1CCC2=NN(Cc3ccccc3)C(=O)C2C1. The Morgan fingerprint density at radius 1 is 1.16 bits per heavy atom. The van der Waals surface area contributed by atoms with Crippen molar-refractivity contribution in [2.24, 2.45) is 16.8 Å². The summed E-state index contributed by atoms with van der Waals surface area (Å²) in [6.45, 7) is 4.30. The lowest BCUT2D eigenvalue weighted by molar-refractivity contribution is -0.139. The quantitative estimate of drug-likeness (QED) is 0.460. The number of carbonyl (C=O) groups excluding carboxylic acids is 3. The maximum atomic E-state index is 13.8. The summed E-state index contributed by atoms with van der Waals surface area (Å²) in [5.41, 5.74) is 8.58. The highest BCUT2D eigenvalue weighted by atomic mass is 16.2. The number of aromatic nitrogens is 1. The van der Waals surface area contributed by atoms with E-state index >= 15 is 0 Å². The van der Waals surface area contributed by atoms with Crippen LogP contribution < -0.4 is 11.1 Å². The molecule has 1 aromatic heterocycles. The molecule has 0 spiro atoms. The molecule has 1 unspecified atom stereocenters. The maximum absolute atomic E-state index is 13.8. The molecule has 9 nitrogen and oxygen atoms in total. The van der Waals surface area contributed by atoms with Crippen molar-refractivity contribution in [3.8, 4) is 0 Å². The molecule has 2 aliphatic heterocycles. The van der Waals surface area contributed by atoms with Gasteiger partial charge in [0.2, 0.25) is 11.8 Å². The van der Waals surface area contributed by atoms with Crippen LogP contribution in [0.2, 0.25) is 0 Å². The van der Waals surface area contributed by atoms with Crippen LogP contribution in [-0.4, -0.2) is 63.0 Å². The molecule has 0 saturated carbocycles. The Labute approximate surface area is 215 Å². The molecule has 5 rings (SSSR count). The van der Waals surface area contributed by atoms with Crippen LogP contribution in [0.1, 0.15) is 31.4 Å². The van der Waals surface area contributed by atoms with Crippen LogP contribution in [-0.2, 0) is 27.3 Å². The number of benzene rings is 2. The minimum atomic E-state index is -1.14. The monoisotopic (exact) mass is 500 g/mol. The molecule has 4 N–H and O–H groups in total. The summed E-state index contributed by atoms with van der Waals surface area (Å²) in [4.78, 5) is 44.7. The number of nitrogens with zero attached hydrogens (tertiary/aromatic N) is 3. The topological polar surface area (TPSA) is 124 Å². The van der Waals surface area contributed by atoms with Crippen molar-refractivity contribution in [1.82, 2.24) is 20.2 Å². The first kappa shape index (κ1) is 24.7. The lowest BCUT2D eigenvalue weighted by Crippen LogP contribution is -2.58. The van der Waals surface area contributed by atoms with Crippen molar-refractivity contribution >= 4 is 34.3 Å². The number of piperidine rings is 1. The van der Waals surface area contributed by atoms with Crippen LogP contribution in [0.15, 0.2) is 65.9 Å². The van der Waals surface area contributed by atoms with Crippen molar-refractivity contribution in [3.63, 3.8) is 0 Å². The van der Waals surface area contributed by atoms with Crippen molar-refractivity contribution in [3.05, 3.63) is 71.9 Å². The first-order valence-electron chi connectivity index (χ1n) is 12.6. The third-order valence-electron chi connectivity index (χ3n) is 7.02.